The Morgan fingerprint density at radius 2 is 2.03 bits per heavy atom. The highest BCUT2D eigenvalue weighted by atomic mass is 16.5. The molecule has 0 saturated carbocycles. The summed E-state index contributed by atoms with van der Waals surface area (Å²) in [6.07, 6.45) is 2.40. The van der Waals surface area contributed by atoms with Gasteiger partial charge in [0.2, 0.25) is 0 Å². The summed E-state index contributed by atoms with van der Waals surface area (Å²) in [5, 5.41) is 13.9. The molecular formula is C24H31N2O3. The van der Waals surface area contributed by atoms with Crippen LogP contribution in [0.3, 0.4) is 0 Å². The van der Waals surface area contributed by atoms with E-state index >= 15 is 0 Å². The van der Waals surface area contributed by atoms with Crippen LogP contribution in [0, 0.1) is 6.42 Å². The van der Waals surface area contributed by atoms with Crippen LogP contribution in [0.25, 0.3) is 0 Å². The molecule has 1 amide bonds. The number of ether oxygens (including phenoxy) is 1. The van der Waals surface area contributed by atoms with Crippen molar-refractivity contribution < 1.29 is 14.6 Å². The first-order valence-electron chi connectivity index (χ1n) is 10.2. The third kappa shape index (κ3) is 5.17. The van der Waals surface area contributed by atoms with E-state index in [2.05, 4.69) is 25.2 Å². The fourth-order valence-corrected chi connectivity index (χ4v) is 3.64. The molecule has 29 heavy (non-hydrogen) atoms. The number of aliphatic hydroxyl groups excluding tert-OH is 1. The van der Waals surface area contributed by atoms with Crippen molar-refractivity contribution in [2.45, 2.75) is 57.3 Å². The maximum Gasteiger partial charge on any atom is 0.261 e. The van der Waals surface area contributed by atoms with E-state index in [0.717, 1.165) is 11.1 Å². The standard InChI is InChI=1S/C24H31N2O3/c1-16(2)18-10-12-22-20(13-18)21(14-24(3,29-22)23(25)28)26-15-19(27)11-9-17-7-5-4-6-8-17/h4-8,10-13,16,19,21,26-27H,9,14-15H2,1-3H3,(H2,25,28)/t19-,21?,24?/m1/s1. The predicted molar refractivity (Wildman–Crippen MR) is 115 cm³/mol. The number of primary amides is 1. The van der Waals surface area contributed by atoms with Crippen LogP contribution in [0.4, 0.5) is 0 Å². The van der Waals surface area contributed by atoms with Gasteiger partial charge in [0.25, 0.3) is 5.91 Å². The maximum absolute atomic E-state index is 12.0. The second-order valence-corrected chi connectivity index (χ2v) is 8.31. The van der Waals surface area contributed by atoms with Crippen molar-refractivity contribution in [1.82, 2.24) is 5.32 Å². The first-order chi connectivity index (χ1) is 13.8. The highest BCUT2D eigenvalue weighted by Crippen LogP contribution is 2.40. The molecule has 1 heterocycles. The summed E-state index contributed by atoms with van der Waals surface area (Å²) in [5.74, 6) is 0.566. The van der Waals surface area contributed by atoms with Crippen molar-refractivity contribution >= 4 is 5.91 Å². The van der Waals surface area contributed by atoms with Crippen LogP contribution in [0.5, 0.6) is 5.75 Å². The smallest absolute Gasteiger partial charge is 0.261 e. The van der Waals surface area contributed by atoms with E-state index in [-0.39, 0.29) is 6.04 Å². The van der Waals surface area contributed by atoms with Gasteiger partial charge in [0, 0.05) is 24.6 Å². The van der Waals surface area contributed by atoms with Gasteiger partial charge in [-0.05, 0) is 42.9 Å². The third-order valence-corrected chi connectivity index (χ3v) is 5.57. The Kier molecular flexibility index (Phi) is 6.60. The zero-order chi connectivity index (χ0) is 21.0. The van der Waals surface area contributed by atoms with E-state index in [1.807, 2.05) is 48.9 Å². The van der Waals surface area contributed by atoms with Crippen LogP contribution >= 0.6 is 0 Å². The summed E-state index contributed by atoms with van der Waals surface area (Å²) in [6, 6.07) is 16.0. The Hall–Kier alpha value is -2.37. The molecule has 0 aromatic heterocycles. The van der Waals surface area contributed by atoms with Gasteiger partial charge in [0.05, 0.1) is 6.10 Å². The van der Waals surface area contributed by atoms with E-state index in [0.29, 0.717) is 31.1 Å². The summed E-state index contributed by atoms with van der Waals surface area (Å²) in [7, 11) is 0. The number of amides is 1. The predicted octanol–water partition coefficient (Wildman–Crippen LogP) is 3.28. The molecule has 0 bridgehead atoms. The number of rotatable bonds is 8. The lowest BCUT2D eigenvalue weighted by Gasteiger charge is -2.38. The lowest BCUT2D eigenvalue weighted by Crippen LogP contribution is -2.51. The lowest BCUT2D eigenvalue weighted by molar-refractivity contribution is -0.134. The Labute approximate surface area is 173 Å². The number of benzene rings is 2. The molecule has 1 radical (unpaired) electrons. The lowest BCUT2D eigenvalue weighted by atomic mass is 9.86. The van der Waals surface area contributed by atoms with E-state index in [9.17, 15) is 9.90 Å². The van der Waals surface area contributed by atoms with Gasteiger partial charge in [-0.2, -0.15) is 0 Å². The van der Waals surface area contributed by atoms with Crippen molar-refractivity contribution in [2.24, 2.45) is 5.73 Å². The molecule has 1 aliphatic rings. The topological polar surface area (TPSA) is 84.6 Å². The number of nitrogens with one attached hydrogen (secondary N) is 1. The quantitative estimate of drug-likeness (QED) is 0.640. The fraction of sp³-hybridized carbons (Fsp3) is 0.417. The average molecular weight is 396 g/mol. The number of carbonyl (C=O) groups excluding carboxylic acids is 1. The van der Waals surface area contributed by atoms with Gasteiger partial charge >= 0.3 is 0 Å². The fourth-order valence-electron chi connectivity index (χ4n) is 3.64. The van der Waals surface area contributed by atoms with Crippen LogP contribution in [0.15, 0.2) is 48.5 Å². The van der Waals surface area contributed by atoms with Gasteiger partial charge in [-0.1, -0.05) is 56.3 Å². The summed E-state index contributed by atoms with van der Waals surface area (Å²) < 4.78 is 5.97. The van der Waals surface area contributed by atoms with E-state index in [1.165, 1.54) is 5.56 Å². The van der Waals surface area contributed by atoms with Crippen LogP contribution in [-0.2, 0) is 11.2 Å². The molecule has 155 valence electrons. The first-order valence-corrected chi connectivity index (χ1v) is 10.2. The summed E-state index contributed by atoms with van der Waals surface area (Å²) in [4.78, 5) is 12.0. The molecule has 2 unspecified atom stereocenters. The van der Waals surface area contributed by atoms with Gasteiger partial charge in [-0.15, -0.1) is 0 Å². The average Bonchev–Trinajstić information content (AvgIpc) is 2.70. The molecule has 2 aromatic carbocycles. The summed E-state index contributed by atoms with van der Waals surface area (Å²) >= 11 is 0. The summed E-state index contributed by atoms with van der Waals surface area (Å²) in [5.41, 5.74) is 7.91. The molecule has 3 rings (SSSR count). The number of hydrogen-bond donors (Lipinski definition) is 3. The van der Waals surface area contributed by atoms with Crippen LogP contribution in [0.1, 0.15) is 55.8 Å². The van der Waals surface area contributed by atoms with Crippen molar-refractivity contribution in [3.05, 3.63) is 71.6 Å². The Bertz CT molecular complexity index is 837. The van der Waals surface area contributed by atoms with Crippen molar-refractivity contribution in [1.29, 1.82) is 0 Å². The monoisotopic (exact) mass is 395 g/mol. The molecule has 0 saturated heterocycles. The first kappa shape index (κ1) is 21.3. The highest BCUT2D eigenvalue weighted by Gasteiger charge is 2.42. The minimum Gasteiger partial charge on any atom is -0.477 e. The number of fused-ring (bicyclic) bond motifs is 1. The molecule has 0 aliphatic carbocycles. The van der Waals surface area contributed by atoms with Crippen LogP contribution < -0.4 is 15.8 Å². The zero-order valence-electron chi connectivity index (χ0n) is 17.4. The van der Waals surface area contributed by atoms with Gasteiger partial charge in [-0.3, -0.25) is 4.79 Å². The highest BCUT2D eigenvalue weighted by molar-refractivity contribution is 5.84. The molecule has 4 N–H and O–H groups in total. The van der Waals surface area contributed by atoms with Gasteiger partial charge < -0.3 is 20.9 Å². The molecule has 2 aromatic rings. The molecule has 5 heteroatoms. The van der Waals surface area contributed by atoms with Crippen molar-refractivity contribution in [3.63, 3.8) is 0 Å². The van der Waals surface area contributed by atoms with Gasteiger partial charge in [0.1, 0.15) is 5.75 Å². The van der Waals surface area contributed by atoms with Crippen LogP contribution in [0.2, 0.25) is 0 Å². The van der Waals surface area contributed by atoms with Crippen LogP contribution in [-0.4, -0.2) is 29.3 Å². The minimum absolute atomic E-state index is 0.130. The normalized spacial score (nSPS) is 22.0. The van der Waals surface area contributed by atoms with E-state index in [4.69, 9.17) is 10.5 Å². The number of hydrogen-bond acceptors (Lipinski definition) is 4. The molecular weight excluding hydrogens is 364 g/mol. The van der Waals surface area contributed by atoms with Gasteiger partial charge in [-0.25, -0.2) is 0 Å². The molecule has 3 atom stereocenters. The molecule has 5 nitrogen and oxygen atoms in total. The second kappa shape index (κ2) is 8.97. The summed E-state index contributed by atoms with van der Waals surface area (Å²) in [6.45, 7) is 6.40. The van der Waals surface area contributed by atoms with E-state index in [1.54, 1.807) is 6.92 Å². The minimum atomic E-state index is -1.08. The maximum atomic E-state index is 12.0. The number of carbonyl (C=O) groups is 1. The molecule has 0 fully saturated rings. The largest absolute Gasteiger partial charge is 0.477 e. The Balaban J connectivity index is 1.71. The Morgan fingerprint density at radius 1 is 1.31 bits per heavy atom. The van der Waals surface area contributed by atoms with Gasteiger partial charge in [0.15, 0.2) is 5.60 Å². The SMILES string of the molecule is CC(C)c1ccc2c(c1)C(NC[C@H](O)[CH]Cc1ccccc1)CC(C)(C(N)=O)O2. The number of nitrogens with two attached hydrogens (primary N) is 1. The van der Waals surface area contributed by atoms with Crippen molar-refractivity contribution in [3.8, 4) is 5.75 Å². The third-order valence-electron chi connectivity index (χ3n) is 5.57. The molecule has 0 spiro atoms. The zero-order valence-corrected chi connectivity index (χ0v) is 17.4. The second-order valence-electron chi connectivity index (χ2n) is 8.31. The van der Waals surface area contributed by atoms with Crippen molar-refractivity contribution in [2.75, 3.05) is 6.54 Å². The molecule has 1 aliphatic heterocycles. The van der Waals surface area contributed by atoms with E-state index < -0.39 is 17.6 Å². The Morgan fingerprint density at radius 3 is 2.69 bits per heavy atom. The number of aliphatic hydroxyl groups is 1.